The first-order chi connectivity index (χ1) is 14.7. The molecule has 1 aromatic carbocycles. The van der Waals surface area contributed by atoms with Crippen LogP contribution in [-0.2, 0) is 0 Å². The van der Waals surface area contributed by atoms with Gasteiger partial charge in [-0.15, -0.1) is 0 Å². The topological polar surface area (TPSA) is 81.2 Å². The van der Waals surface area contributed by atoms with Gasteiger partial charge in [0.2, 0.25) is 5.88 Å². The van der Waals surface area contributed by atoms with Crippen molar-refractivity contribution in [2.24, 2.45) is 0 Å². The van der Waals surface area contributed by atoms with Gasteiger partial charge in [-0.2, -0.15) is 0 Å². The molecule has 30 heavy (non-hydrogen) atoms. The normalized spacial score (nSPS) is 18.9. The molecule has 7 nitrogen and oxygen atoms in total. The van der Waals surface area contributed by atoms with E-state index in [2.05, 4.69) is 25.6 Å². The van der Waals surface area contributed by atoms with E-state index in [1.165, 1.54) is 6.33 Å². The van der Waals surface area contributed by atoms with Crippen molar-refractivity contribution < 1.29 is 13.9 Å². The standard InChI is InChI=1S/C21H21ClFN5O2/c22-18-16(29-12-2-1-3-12)6-4-14(19(18)23)27-21-20-15(25-11-26-21)5-7-17(28-20)30-13-8-9-24-10-13/h4-7,11-13,24H,1-3,8-10H2,(H,25,26,27)/t13-/m0/s1. The van der Waals surface area contributed by atoms with Crippen molar-refractivity contribution in [3.05, 3.63) is 41.4 Å². The molecule has 9 heteroatoms. The Morgan fingerprint density at radius 1 is 1.07 bits per heavy atom. The van der Waals surface area contributed by atoms with Gasteiger partial charge in [0.25, 0.3) is 0 Å². The predicted molar refractivity (Wildman–Crippen MR) is 112 cm³/mol. The molecule has 3 heterocycles. The maximum atomic E-state index is 14.9. The number of aromatic nitrogens is 3. The van der Waals surface area contributed by atoms with Crippen molar-refractivity contribution in [3.8, 4) is 11.6 Å². The zero-order valence-electron chi connectivity index (χ0n) is 16.2. The second-order valence-corrected chi connectivity index (χ2v) is 7.89. The molecule has 0 bridgehead atoms. The first-order valence-corrected chi connectivity index (χ1v) is 10.5. The second-order valence-electron chi connectivity index (χ2n) is 7.51. The van der Waals surface area contributed by atoms with Crippen LogP contribution >= 0.6 is 11.6 Å². The fraction of sp³-hybridized carbons (Fsp3) is 0.381. The minimum Gasteiger partial charge on any atom is -0.489 e. The van der Waals surface area contributed by atoms with E-state index in [1.54, 1.807) is 18.2 Å². The van der Waals surface area contributed by atoms with Crippen molar-refractivity contribution in [3.63, 3.8) is 0 Å². The fourth-order valence-corrected chi connectivity index (χ4v) is 3.70. The number of benzene rings is 1. The highest BCUT2D eigenvalue weighted by molar-refractivity contribution is 6.32. The lowest BCUT2D eigenvalue weighted by Gasteiger charge is -2.27. The molecule has 2 fully saturated rings. The van der Waals surface area contributed by atoms with Gasteiger partial charge in [-0.1, -0.05) is 11.6 Å². The van der Waals surface area contributed by atoms with Crippen molar-refractivity contribution in [1.82, 2.24) is 20.3 Å². The van der Waals surface area contributed by atoms with Crippen LogP contribution in [0.3, 0.4) is 0 Å². The Morgan fingerprint density at radius 3 is 2.73 bits per heavy atom. The number of nitrogens with zero attached hydrogens (tertiary/aromatic N) is 3. The number of hydrogen-bond acceptors (Lipinski definition) is 7. The Bertz CT molecular complexity index is 1070. The number of rotatable bonds is 6. The average Bonchev–Trinajstić information content (AvgIpc) is 3.23. The van der Waals surface area contributed by atoms with E-state index >= 15 is 0 Å². The highest BCUT2D eigenvalue weighted by atomic mass is 35.5. The van der Waals surface area contributed by atoms with Crippen LogP contribution < -0.4 is 20.1 Å². The Balaban J connectivity index is 1.42. The summed E-state index contributed by atoms with van der Waals surface area (Å²) < 4.78 is 26.6. The van der Waals surface area contributed by atoms with E-state index in [4.69, 9.17) is 21.1 Å². The lowest BCUT2D eigenvalue weighted by Crippen LogP contribution is -2.24. The van der Waals surface area contributed by atoms with Crippen LogP contribution in [0, 0.1) is 5.82 Å². The number of halogens is 2. The van der Waals surface area contributed by atoms with Crippen LogP contribution in [0.4, 0.5) is 15.9 Å². The number of pyridine rings is 1. The molecular weight excluding hydrogens is 409 g/mol. The van der Waals surface area contributed by atoms with Crippen molar-refractivity contribution in [2.75, 3.05) is 18.4 Å². The minimum atomic E-state index is -0.593. The molecule has 156 valence electrons. The monoisotopic (exact) mass is 429 g/mol. The Morgan fingerprint density at radius 2 is 1.97 bits per heavy atom. The molecule has 5 rings (SSSR count). The predicted octanol–water partition coefficient (Wildman–Crippen LogP) is 4.23. The number of hydrogen-bond donors (Lipinski definition) is 2. The molecule has 3 aromatic rings. The van der Waals surface area contributed by atoms with Gasteiger partial charge in [0.15, 0.2) is 11.6 Å². The van der Waals surface area contributed by atoms with Gasteiger partial charge in [-0.3, -0.25) is 0 Å². The summed E-state index contributed by atoms with van der Waals surface area (Å²) in [5, 5.41) is 6.20. The Hall–Kier alpha value is -2.71. The van der Waals surface area contributed by atoms with Crippen LogP contribution in [0.25, 0.3) is 11.0 Å². The number of nitrogens with one attached hydrogen (secondary N) is 2. The van der Waals surface area contributed by atoms with Crippen LogP contribution in [0.15, 0.2) is 30.6 Å². The van der Waals surface area contributed by atoms with Crippen molar-refractivity contribution in [1.29, 1.82) is 0 Å². The molecule has 2 aromatic heterocycles. The summed E-state index contributed by atoms with van der Waals surface area (Å²) in [5.41, 5.74) is 1.31. The fourth-order valence-electron chi connectivity index (χ4n) is 3.49. The van der Waals surface area contributed by atoms with Gasteiger partial charge in [-0.25, -0.2) is 19.3 Å². The summed E-state index contributed by atoms with van der Waals surface area (Å²) in [6.45, 7) is 1.71. The van der Waals surface area contributed by atoms with E-state index in [0.717, 1.165) is 38.8 Å². The number of ether oxygens (including phenoxy) is 2. The first kappa shape index (κ1) is 19.3. The van der Waals surface area contributed by atoms with E-state index < -0.39 is 5.82 Å². The Kier molecular flexibility index (Phi) is 5.26. The molecule has 1 atom stereocenters. The molecule has 0 radical (unpaired) electrons. The van der Waals surface area contributed by atoms with E-state index in [9.17, 15) is 4.39 Å². The largest absolute Gasteiger partial charge is 0.489 e. The maximum Gasteiger partial charge on any atom is 0.214 e. The zero-order valence-corrected chi connectivity index (χ0v) is 17.0. The zero-order chi connectivity index (χ0) is 20.5. The minimum absolute atomic E-state index is 0.0454. The van der Waals surface area contributed by atoms with Crippen LogP contribution in [0.5, 0.6) is 11.6 Å². The summed E-state index contributed by atoms with van der Waals surface area (Å²) in [7, 11) is 0. The number of anilines is 2. The molecule has 0 amide bonds. The summed E-state index contributed by atoms with van der Waals surface area (Å²) in [6, 6.07) is 6.85. The van der Waals surface area contributed by atoms with Gasteiger partial charge in [0.1, 0.15) is 28.7 Å². The molecule has 2 N–H and O–H groups in total. The SMILES string of the molecule is Fc1c(Nc2ncnc3ccc(O[C@H]4CCNC4)nc23)ccc(OC2CCC2)c1Cl. The first-order valence-electron chi connectivity index (χ1n) is 10.1. The van der Waals surface area contributed by atoms with Crippen LogP contribution in [0.2, 0.25) is 5.02 Å². The summed E-state index contributed by atoms with van der Waals surface area (Å²) >= 11 is 6.21. The summed E-state index contributed by atoms with van der Waals surface area (Å²) in [4.78, 5) is 13.0. The van der Waals surface area contributed by atoms with E-state index in [-0.39, 0.29) is 22.9 Å². The highest BCUT2D eigenvalue weighted by Crippen LogP contribution is 2.36. The van der Waals surface area contributed by atoms with Gasteiger partial charge in [0.05, 0.1) is 17.3 Å². The Labute approximate surface area is 178 Å². The average molecular weight is 430 g/mol. The van der Waals surface area contributed by atoms with Crippen LogP contribution in [-0.4, -0.2) is 40.2 Å². The molecular formula is C21H21ClFN5O2. The molecule has 0 unspecified atom stereocenters. The van der Waals surface area contributed by atoms with Crippen molar-refractivity contribution >= 4 is 34.1 Å². The van der Waals surface area contributed by atoms with Crippen molar-refractivity contribution in [2.45, 2.75) is 37.9 Å². The quantitative estimate of drug-likeness (QED) is 0.606. The third-order valence-corrected chi connectivity index (χ3v) is 5.76. The lowest BCUT2D eigenvalue weighted by atomic mass is 9.96. The third-order valence-electron chi connectivity index (χ3n) is 5.40. The van der Waals surface area contributed by atoms with E-state index in [1.807, 2.05) is 6.07 Å². The smallest absolute Gasteiger partial charge is 0.214 e. The molecule has 0 spiro atoms. The molecule has 1 saturated heterocycles. The molecule has 1 aliphatic carbocycles. The van der Waals surface area contributed by atoms with Gasteiger partial charge < -0.3 is 20.1 Å². The maximum absolute atomic E-state index is 14.9. The third kappa shape index (κ3) is 3.85. The van der Waals surface area contributed by atoms with Gasteiger partial charge in [-0.05, 0) is 50.4 Å². The van der Waals surface area contributed by atoms with Gasteiger partial charge in [0, 0.05) is 12.6 Å². The van der Waals surface area contributed by atoms with Gasteiger partial charge >= 0.3 is 0 Å². The molecule has 2 aliphatic rings. The van der Waals surface area contributed by atoms with E-state index in [0.29, 0.717) is 28.5 Å². The molecule has 1 saturated carbocycles. The van der Waals surface area contributed by atoms with Crippen LogP contribution in [0.1, 0.15) is 25.7 Å². The summed E-state index contributed by atoms with van der Waals surface area (Å²) in [6.07, 6.45) is 5.59. The summed E-state index contributed by atoms with van der Waals surface area (Å²) in [5.74, 6) is 0.620. The number of fused-ring (bicyclic) bond motifs is 1. The highest BCUT2D eigenvalue weighted by Gasteiger charge is 2.22. The second kappa shape index (κ2) is 8.20. The molecule has 1 aliphatic heterocycles. The lowest BCUT2D eigenvalue weighted by molar-refractivity contribution is 0.120.